The fourth-order valence-corrected chi connectivity index (χ4v) is 4.19. The molecule has 0 atom stereocenters. The largest absolute Gasteiger partial charge is 0.507 e. The predicted molar refractivity (Wildman–Crippen MR) is 115 cm³/mol. The molecule has 6 rings (SSSR count). The van der Waals surface area contributed by atoms with Gasteiger partial charge in [0.05, 0.1) is 0 Å². The fourth-order valence-electron chi connectivity index (χ4n) is 4.19. The van der Waals surface area contributed by atoms with Crippen molar-refractivity contribution in [3.63, 3.8) is 0 Å². The van der Waals surface area contributed by atoms with Crippen molar-refractivity contribution < 1.29 is 5.11 Å². The van der Waals surface area contributed by atoms with Crippen LogP contribution in [-0.4, -0.2) is 5.11 Å². The van der Waals surface area contributed by atoms with Crippen molar-refractivity contribution in [1.29, 1.82) is 0 Å². The second kappa shape index (κ2) is 6.44. The Morgan fingerprint density at radius 3 is 2.00 bits per heavy atom. The minimum absolute atomic E-state index is 0.376. The van der Waals surface area contributed by atoms with Crippen molar-refractivity contribution in [3.8, 4) is 5.75 Å². The summed E-state index contributed by atoms with van der Waals surface area (Å²) in [5.74, 6) is 0.376. The first-order chi connectivity index (χ1) is 13.3. The third-order valence-corrected chi connectivity index (χ3v) is 5.43. The molecule has 0 fully saturated rings. The van der Waals surface area contributed by atoms with E-state index in [1.807, 2.05) is 18.2 Å². The molecule has 0 bridgehead atoms. The Balaban J connectivity index is 0.000000119. The minimum Gasteiger partial charge on any atom is -0.507 e. The highest BCUT2D eigenvalue weighted by Crippen LogP contribution is 2.33. The van der Waals surface area contributed by atoms with Crippen LogP contribution in [0.4, 0.5) is 0 Å². The van der Waals surface area contributed by atoms with Crippen molar-refractivity contribution >= 4 is 33.7 Å². The summed E-state index contributed by atoms with van der Waals surface area (Å²) in [7, 11) is 0. The lowest BCUT2D eigenvalue weighted by Gasteiger charge is -2.12. The average molecular weight is 348 g/mol. The van der Waals surface area contributed by atoms with E-state index in [1.165, 1.54) is 38.4 Å². The molecular weight excluding hydrogens is 328 g/mol. The summed E-state index contributed by atoms with van der Waals surface area (Å²) in [5, 5.41) is 14.7. The van der Waals surface area contributed by atoms with Gasteiger partial charge in [-0.1, -0.05) is 85.0 Å². The summed E-state index contributed by atoms with van der Waals surface area (Å²) < 4.78 is 0. The molecule has 0 amide bonds. The van der Waals surface area contributed by atoms with Gasteiger partial charge in [-0.05, 0) is 57.3 Å². The highest BCUT2D eigenvalue weighted by Gasteiger charge is 2.10. The van der Waals surface area contributed by atoms with Gasteiger partial charge in [0.2, 0.25) is 0 Å². The Kier molecular flexibility index (Phi) is 3.79. The Morgan fingerprint density at radius 2 is 1.22 bits per heavy atom. The van der Waals surface area contributed by atoms with Gasteiger partial charge in [0, 0.05) is 5.39 Å². The fraction of sp³-hybridized carbons (Fsp3) is 0.0769. The van der Waals surface area contributed by atoms with E-state index in [9.17, 15) is 5.11 Å². The van der Waals surface area contributed by atoms with E-state index in [0.29, 0.717) is 5.75 Å². The van der Waals surface area contributed by atoms with Crippen molar-refractivity contribution in [2.45, 2.75) is 12.8 Å². The molecule has 0 spiro atoms. The molecular formula is C26H20O. The molecule has 0 saturated carbocycles. The first-order valence-corrected chi connectivity index (χ1v) is 9.38. The maximum absolute atomic E-state index is 9.72. The van der Waals surface area contributed by atoms with E-state index in [-0.39, 0.29) is 0 Å². The molecule has 27 heavy (non-hydrogen) atoms. The van der Waals surface area contributed by atoms with Gasteiger partial charge in [0.1, 0.15) is 5.75 Å². The molecule has 4 aromatic rings. The van der Waals surface area contributed by atoms with Crippen LogP contribution in [0.5, 0.6) is 5.75 Å². The van der Waals surface area contributed by atoms with Gasteiger partial charge in [-0.25, -0.2) is 0 Å². The number of aromatic hydroxyl groups is 1. The van der Waals surface area contributed by atoms with Crippen LogP contribution in [0.2, 0.25) is 0 Å². The van der Waals surface area contributed by atoms with Crippen LogP contribution in [0.3, 0.4) is 0 Å². The number of hydrogen-bond acceptors (Lipinski definition) is 1. The van der Waals surface area contributed by atoms with E-state index in [2.05, 4.69) is 66.8 Å². The number of rotatable bonds is 0. The van der Waals surface area contributed by atoms with E-state index < -0.39 is 0 Å². The summed E-state index contributed by atoms with van der Waals surface area (Å²) in [6, 6.07) is 22.8. The van der Waals surface area contributed by atoms with Crippen LogP contribution in [0, 0.1) is 0 Å². The number of hydrogen-bond donors (Lipinski definition) is 1. The first kappa shape index (κ1) is 15.9. The lowest BCUT2D eigenvalue weighted by atomic mass is 9.93. The molecule has 0 aliphatic heterocycles. The standard InChI is InChI=1S/C13H10O.C13H10/c14-12-8-7-10-4-1-3-9-5-2-6-11(12)13(9)10;1-4-10-6-2-8-12-9-3-7-11(5-1)13(10)12/h1-2,4-8,14H,3H2;1-8H,9H2. The van der Waals surface area contributed by atoms with Gasteiger partial charge >= 0.3 is 0 Å². The van der Waals surface area contributed by atoms with E-state index in [1.54, 1.807) is 6.07 Å². The molecule has 0 unspecified atom stereocenters. The number of allylic oxidation sites excluding steroid dienone is 2. The second-order valence-corrected chi connectivity index (χ2v) is 7.09. The van der Waals surface area contributed by atoms with Crippen LogP contribution in [0.1, 0.15) is 22.3 Å². The molecule has 4 aromatic carbocycles. The van der Waals surface area contributed by atoms with Gasteiger partial charge < -0.3 is 5.11 Å². The summed E-state index contributed by atoms with van der Waals surface area (Å²) in [6.07, 6.45) is 10.8. The average Bonchev–Trinajstić information content (AvgIpc) is 2.72. The monoisotopic (exact) mass is 348 g/mol. The van der Waals surface area contributed by atoms with Crippen LogP contribution in [0.25, 0.3) is 33.7 Å². The highest BCUT2D eigenvalue weighted by atomic mass is 16.3. The summed E-state index contributed by atoms with van der Waals surface area (Å²) in [5.41, 5.74) is 5.32. The number of phenols is 1. The van der Waals surface area contributed by atoms with Crippen LogP contribution >= 0.6 is 0 Å². The van der Waals surface area contributed by atoms with Crippen LogP contribution < -0.4 is 0 Å². The molecule has 0 aromatic heterocycles. The smallest absolute Gasteiger partial charge is 0.123 e. The zero-order valence-corrected chi connectivity index (χ0v) is 15.0. The van der Waals surface area contributed by atoms with Gasteiger partial charge in [-0.2, -0.15) is 0 Å². The molecule has 0 radical (unpaired) electrons. The van der Waals surface area contributed by atoms with Gasteiger partial charge in [-0.15, -0.1) is 0 Å². The lowest BCUT2D eigenvalue weighted by molar-refractivity contribution is 0.481. The maximum Gasteiger partial charge on any atom is 0.123 e. The SMILES string of the molecule is C1=Cc2cccc3cccc(c23)C1.Oc1ccc2c3c(cccc13)CC=C2. The van der Waals surface area contributed by atoms with Crippen molar-refractivity contribution in [1.82, 2.24) is 0 Å². The maximum atomic E-state index is 9.72. The molecule has 2 aliphatic carbocycles. The zero-order valence-electron chi connectivity index (χ0n) is 15.0. The number of benzene rings is 4. The summed E-state index contributed by atoms with van der Waals surface area (Å²) in [4.78, 5) is 0. The third-order valence-electron chi connectivity index (χ3n) is 5.43. The first-order valence-electron chi connectivity index (χ1n) is 9.38. The molecule has 130 valence electrons. The predicted octanol–water partition coefficient (Wildman–Crippen LogP) is 6.52. The quantitative estimate of drug-likeness (QED) is 0.383. The summed E-state index contributed by atoms with van der Waals surface area (Å²) in [6.45, 7) is 0. The third kappa shape index (κ3) is 2.72. The molecule has 0 saturated heterocycles. The molecule has 1 heteroatoms. The minimum atomic E-state index is 0.376. The Bertz CT molecular complexity index is 1220. The molecule has 1 nitrogen and oxygen atoms in total. The van der Waals surface area contributed by atoms with Crippen molar-refractivity contribution in [2.24, 2.45) is 0 Å². The Morgan fingerprint density at radius 1 is 0.593 bits per heavy atom. The van der Waals surface area contributed by atoms with E-state index >= 15 is 0 Å². The van der Waals surface area contributed by atoms with Crippen LogP contribution in [-0.2, 0) is 12.8 Å². The van der Waals surface area contributed by atoms with Gasteiger partial charge in [-0.3, -0.25) is 0 Å². The van der Waals surface area contributed by atoms with Gasteiger partial charge in [0.25, 0.3) is 0 Å². The topological polar surface area (TPSA) is 20.2 Å². The van der Waals surface area contributed by atoms with Crippen LogP contribution in [0.15, 0.2) is 78.9 Å². The molecule has 0 heterocycles. The zero-order chi connectivity index (χ0) is 18.2. The Hall–Kier alpha value is -3.32. The normalized spacial score (nSPS) is 13.5. The summed E-state index contributed by atoms with van der Waals surface area (Å²) >= 11 is 0. The van der Waals surface area contributed by atoms with Crippen molar-refractivity contribution in [2.75, 3.05) is 0 Å². The molecule has 1 N–H and O–H groups in total. The number of phenolic OH excluding ortho intramolecular Hbond substituents is 1. The van der Waals surface area contributed by atoms with Gasteiger partial charge in [0.15, 0.2) is 0 Å². The van der Waals surface area contributed by atoms with E-state index in [4.69, 9.17) is 0 Å². The highest BCUT2D eigenvalue weighted by molar-refractivity contribution is 5.98. The second-order valence-electron chi connectivity index (χ2n) is 7.09. The molecule has 2 aliphatic rings. The van der Waals surface area contributed by atoms with Crippen molar-refractivity contribution in [3.05, 3.63) is 101 Å². The van der Waals surface area contributed by atoms with E-state index in [0.717, 1.165) is 18.2 Å². The lowest BCUT2D eigenvalue weighted by Crippen LogP contribution is -1.92. The Labute approximate surface area is 158 Å².